The van der Waals surface area contributed by atoms with Crippen molar-refractivity contribution in [1.82, 2.24) is 0 Å². The average molecular weight is 162 g/mol. The summed E-state index contributed by atoms with van der Waals surface area (Å²) in [6.07, 6.45) is 1.43. The Labute approximate surface area is 70.8 Å². The van der Waals surface area contributed by atoms with Gasteiger partial charge in [0.2, 0.25) is 0 Å². The predicted molar refractivity (Wildman–Crippen MR) is 45.5 cm³/mol. The summed E-state index contributed by atoms with van der Waals surface area (Å²) in [4.78, 5) is 11.3. The van der Waals surface area contributed by atoms with Crippen LogP contribution in [0.15, 0.2) is 12.1 Å². The van der Waals surface area contributed by atoms with Crippen molar-refractivity contribution in [1.29, 1.82) is 0 Å². The van der Waals surface area contributed by atoms with Gasteiger partial charge in [0.1, 0.15) is 5.75 Å². The maximum Gasteiger partial charge on any atom is 0.163 e. The minimum atomic E-state index is 0.156. The molecule has 1 aliphatic carbocycles. The van der Waals surface area contributed by atoms with Crippen LogP contribution in [0.5, 0.6) is 5.75 Å². The van der Waals surface area contributed by atoms with Crippen molar-refractivity contribution in [3.8, 4) is 5.75 Å². The molecular weight excluding hydrogens is 152 g/mol. The minimum Gasteiger partial charge on any atom is -0.508 e. The van der Waals surface area contributed by atoms with Crippen molar-refractivity contribution < 1.29 is 9.90 Å². The topological polar surface area (TPSA) is 37.3 Å². The summed E-state index contributed by atoms with van der Waals surface area (Å²) >= 11 is 0. The van der Waals surface area contributed by atoms with Crippen LogP contribution in [0.4, 0.5) is 0 Å². The van der Waals surface area contributed by atoms with Gasteiger partial charge in [-0.1, -0.05) is 0 Å². The fourth-order valence-corrected chi connectivity index (χ4v) is 1.75. The highest BCUT2D eigenvalue weighted by atomic mass is 16.3. The highest BCUT2D eigenvalue weighted by molar-refractivity contribution is 6.01. The quantitative estimate of drug-likeness (QED) is 0.631. The van der Waals surface area contributed by atoms with Gasteiger partial charge in [0.05, 0.1) is 0 Å². The summed E-state index contributed by atoms with van der Waals surface area (Å²) in [5.74, 6) is 0.352. The Morgan fingerprint density at radius 3 is 2.83 bits per heavy atom. The molecule has 2 nitrogen and oxygen atoms in total. The highest BCUT2D eigenvalue weighted by Crippen LogP contribution is 2.28. The van der Waals surface area contributed by atoms with Crippen LogP contribution >= 0.6 is 0 Å². The molecule has 12 heavy (non-hydrogen) atoms. The molecule has 0 spiro atoms. The zero-order valence-electron chi connectivity index (χ0n) is 6.92. The Balaban J connectivity index is 2.68. The molecule has 0 fully saturated rings. The van der Waals surface area contributed by atoms with Gasteiger partial charge in [0, 0.05) is 12.0 Å². The summed E-state index contributed by atoms with van der Waals surface area (Å²) in [6.45, 7) is 1.93. The second-order valence-electron chi connectivity index (χ2n) is 3.21. The Kier molecular flexibility index (Phi) is 1.43. The van der Waals surface area contributed by atoms with E-state index in [2.05, 4.69) is 0 Å². The van der Waals surface area contributed by atoms with Crippen LogP contribution in [0.1, 0.15) is 27.9 Å². The van der Waals surface area contributed by atoms with Gasteiger partial charge in [-0.3, -0.25) is 4.79 Å². The van der Waals surface area contributed by atoms with Crippen molar-refractivity contribution in [3.63, 3.8) is 0 Å². The predicted octanol–water partition coefficient (Wildman–Crippen LogP) is 1.83. The molecule has 0 saturated heterocycles. The molecule has 2 rings (SSSR count). The minimum absolute atomic E-state index is 0.156. The van der Waals surface area contributed by atoms with Crippen molar-refractivity contribution in [2.24, 2.45) is 0 Å². The van der Waals surface area contributed by atoms with E-state index in [1.165, 1.54) is 0 Å². The second-order valence-corrected chi connectivity index (χ2v) is 3.21. The molecule has 1 aromatic carbocycles. The van der Waals surface area contributed by atoms with Crippen molar-refractivity contribution in [2.45, 2.75) is 19.8 Å². The van der Waals surface area contributed by atoms with E-state index in [-0.39, 0.29) is 11.5 Å². The Morgan fingerprint density at radius 1 is 1.33 bits per heavy atom. The largest absolute Gasteiger partial charge is 0.508 e. The molecule has 0 aliphatic heterocycles. The monoisotopic (exact) mass is 162 g/mol. The first kappa shape index (κ1) is 7.35. The van der Waals surface area contributed by atoms with Crippen LogP contribution in [-0.4, -0.2) is 10.9 Å². The summed E-state index contributed by atoms with van der Waals surface area (Å²) in [5, 5.41) is 9.24. The van der Waals surface area contributed by atoms with Gasteiger partial charge in [-0.15, -0.1) is 0 Å². The van der Waals surface area contributed by atoms with Crippen LogP contribution in [0.3, 0.4) is 0 Å². The number of phenolic OH excluding ortho intramolecular Hbond substituents is 1. The van der Waals surface area contributed by atoms with Crippen molar-refractivity contribution in [3.05, 3.63) is 28.8 Å². The number of aryl methyl sites for hydroxylation is 1. The van der Waals surface area contributed by atoms with E-state index < -0.39 is 0 Å². The summed E-state index contributed by atoms with van der Waals surface area (Å²) < 4.78 is 0. The maximum absolute atomic E-state index is 11.3. The SMILES string of the molecule is Cc1cc(O)cc2c1CCC2=O. The van der Waals surface area contributed by atoms with E-state index in [4.69, 9.17) is 0 Å². The van der Waals surface area contributed by atoms with Crippen LogP contribution in [0.25, 0.3) is 0 Å². The van der Waals surface area contributed by atoms with Gasteiger partial charge < -0.3 is 5.11 Å². The van der Waals surface area contributed by atoms with Gasteiger partial charge in [-0.25, -0.2) is 0 Å². The van der Waals surface area contributed by atoms with E-state index in [9.17, 15) is 9.90 Å². The number of Topliss-reactive ketones (excluding diaryl/α,β-unsaturated/α-hetero) is 1. The molecule has 0 amide bonds. The van der Waals surface area contributed by atoms with Crippen LogP contribution < -0.4 is 0 Å². The van der Waals surface area contributed by atoms with Crippen LogP contribution in [0.2, 0.25) is 0 Å². The molecule has 2 heteroatoms. The molecule has 0 atom stereocenters. The zero-order valence-corrected chi connectivity index (χ0v) is 6.92. The average Bonchev–Trinajstić information content (AvgIpc) is 2.33. The number of rotatable bonds is 0. The maximum atomic E-state index is 11.3. The highest BCUT2D eigenvalue weighted by Gasteiger charge is 2.21. The van der Waals surface area contributed by atoms with Gasteiger partial charge in [0.15, 0.2) is 5.78 Å². The molecule has 0 bridgehead atoms. The molecule has 1 N–H and O–H groups in total. The van der Waals surface area contributed by atoms with Crippen molar-refractivity contribution in [2.75, 3.05) is 0 Å². The number of carbonyl (C=O) groups is 1. The number of hydrogen-bond donors (Lipinski definition) is 1. The molecule has 1 aliphatic rings. The fraction of sp³-hybridized carbons (Fsp3) is 0.300. The molecule has 0 radical (unpaired) electrons. The molecule has 1 aromatic rings. The first-order valence-corrected chi connectivity index (χ1v) is 4.04. The van der Waals surface area contributed by atoms with Crippen LogP contribution in [0, 0.1) is 6.92 Å². The molecular formula is C10H10O2. The zero-order chi connectivity index (χ0) is 8.72. The second kappa shape index (κ2) is 2.34. The summed E-state index contributed by atoms with van der Waals surface area (Å²) in [5.41, 5.74) is 2.85. The third kappa shape index (κ3) is 0.916. The lowest BCUT2D eigenvalue weighted by Crippen LogP contribution is -1.91. The number of aromatic hydroxyl groups is 1. The Bertz CT molecular complexity index is 353. The van der Waals surface area contributed by atoms with Gasteiger partial charge >= 0.3 is 0 Å². The lowest BCUT2D eigenvalue weighted by Gasteiger charge is -2.02. The summed E-state index contributed by atoms with van der Waals surface area (Å²) in [7, 11) is 0. The first-order chi connectivity index (χ1) is 5.68. The molecule has 0 saturated carbocycles. The van der Waals surface area contributed by atoms with Gasteiger partial charge in [0.25, 0.3) is 0 Å². The number of fused-ring (bicyclic) bond motifs is 1. The molecule has 0 unspecified atom stereocenters. The first-order valence-electron chi connectivity index (χ1n) is 4.04. The molecule has 0 heterocycles. The number of benzene rings is 1. The number of ketones is 1. The van der Waals surface area contributed by atoms with Gasteiger partial charge in [-0.05, 0) is 36.6 Å². The third-order valence-corrected chi connectivity index (χ3v) is 2.36. The van der Waals surface area contributed by atoms with E-state index in [1.54, 1.807) is 12.1 Å². The van der Waals surface area contributed by atoms with E-state index >= 15 is 0 Å². The van der Waals surface area contributed by atoms with Crippen LogP contribution in [-0.2, 0) is 6.42 Å². The summed E-state index contributed by atoms with van der Waals surface area (Å²) in [6, 6.07) is 3.27. The lowest BCUT2D eigenvalue weighted by atomic mass is 10.0. The van der Waals surface area contributed by atoms with Crippen molar-refractivity contribution >= 4 is 5.78 Å². The number of hydrogen-bond acceptors (Lipinski definition) is 2. The molecule has 62 valence electrons. The number of phenols is 1. The lowest BCUT2D eigenvalue weighted by molar-refractivity contribution is 0.0994. The normalized spacial score (nSPS) is 14.9. The Hall–Kier alpha value is -1.31. The third-order valence-electron chi connectivity index (χ3n) is 2.36. The van der Waals surface area contributed by atoms with E-state index in [0.29, 0.717) is 12.0 Å². The van der Waals surface area contributed by atoms with Gasteiger partial charge in [-0.2, -0.15) is 0 Å². The van der Waals surface area contributed by atoms with E-state index in [1.807, 2.05) is 6.92 Å². The molecule has 0 aromatic heterocycles. The number of carbonyl (C=O) groups excluding carboxylic acids is 1. The Morgan fingerprint density at radius 2 is 2.08 bits per heavy atom. The smallest absolute Gasteiger partial charge is 0.163 e. The fourth-order valence-electron chi connectivity index (χ4n) is 1.75. The standard InChI is InChI=1S/C10H10O2/c1-6-4-7(11)5-9-8(6)2-3-10(9)12/h4-5,11H,2-3H2,1H3. The van der Waals surface area contributed by atoms with E-state index in [0.717, 1.165) is 17.5 Å².